The average Bonchev–Trinajstić information content (AvgIpc) is 2.30. The molecule has 15 heavy (non-hydrogen) atoms. The second-order valence-electron chi connectivity index (χ2n) is 3.31. The Morgan fingerprint density at radius 2 is 1.87 bits per heavy atom. The average molecular weight is 200 g/mol. The highest BCUT2D eigenvalue weighted by Crippen LogP contribution is 2.15. The van der Waals surface area contributed by atoms with Crippen LogP contribution in [0, 0.1) is 0 Å². The molecule has 0 aliphatic carbocycles. The minimum Gasteiger partial charge on any atom is -0.411 e. The van der Waals surface area contributed by atoms with Gasteiger partial charge in [0.15, 0.2) is 0 Å². The van der Waals surface area contributed by atoms with E-state index in [1.54, 1.807) is 0 Å². The van der Waals surface area contributed by atoms with Gasteiger partial charge in [-0.15, -0.1) is 0 Å². The van der Waals surface area contributed by atoms with E-state index in [1.165, 1.54) is 0 Å². The molecule has 0 amide bonds. The lowest BCUT2D eigenvalue weighted by Gasteiger charge is -2.03. The fraction of sp³-hybridized carbons (Fsp3) is 0.0833. The third-order valence-corrected chi connectivity index (χ3v) is 2.40. The summed E-state index contributed by atoms with van der Waals surface area (Å²) in [7, 11) is 0. The van der Waals surface area contributed by atoms with Gasteiger partial charge < -0.3 is 10.9 Å². The van der Waals surface area contributed by atoms with Crippen LogP contribution in [0.3, 0.4) is 0 Å². The van der Waals surface area contributed by atoms with Gasteiger partial charge in [0, 0.05) is 12.1 Å². The Hall–Kier alpha value is -1.87. The normalized spacial score (nSPS) is 11.9. The molecule has 0 aliphatic heterocycles. The summed E-state index contributed by atoms with van der Waals surface area (Å²) in [4.78, 5) is 0. The maximum absolute atomic E-state index is 8.76. The van der Waals surface area contributed by atoms with E-state index >= 15 is 0 Å². The highest BCUT2D eigenvalue weighted by molar-refractivity contribution is 6.04. The van der Waals surface area contributed by atoms with E-state index in [9.17, 15) is 0 Å². The zero-order chi connectivity index (χ0) is 10.7. The Bertz CT molecular complexity index is 506. The second kappa shape index (κ2) is 4.11. The van der Waals surface area contributed by atoms with Gasteiger partial charge in [0.2, 0.25) is 0 Å². The van der Waals surface area contributed by atoms with Gasteiger partial charge in [-0.1, -0.05) is 41.6 Å². The molecule has 0 atom stereocenters. The molecule has 0 heterocycles. The van der Waals surface area contributed by atoms with Crippen molar-refractivity contribution in [1.82, 2.24) is 0 Å². The number of nitrogens with two attached hydrogens (primary N) is 1. The van der Waals surface area contributed by atoms with Crippen molar-refractivity contribution in [2.45, 2.75) is 0 Å². The Morgan fingerprint density at radius 3 is 2.53 bits per heavy atom. The minimum atomic E-state index is 0.231. The monoisotopic (exact) mass is 200 g/mol. The highest BCUT2D eigenvalue weighted by atomic mass is 16.4. The van der Waals surface area contributed by atoms with Gasteiger partial charge in [0.05, 0.1) is 0 Å². The largest absolute Gasteiger partial charge is 0.411 e. The van der Waals surface area contributed by atoms with Crippen molar-refractivity contribution in [1.29, 1.82) is 0 Å². The molecule has 0 radical (unpaired) electrons. The first-order valence-corrected chi connectivity index (χ1v) is 4.75. The lowest BCUT2D eigenvalue weighted by Crippen LogP contribution is -2.14. The molecule has 2 rings (SSSR count). The number of rotatable bonds is 2. The fourth-order valence-corrected chi connectivity index (χ4v) is 1.59. The van der Waals surface area contributed by atoms with Crippen LogP contribution in [0.4, 0.5) is 0 Å². The molecule has 0 fully saturated rings. The van der Waals surface area contributed by atoms with Crippen molar-refractivity contribution in [2.24, 2.45) is 10.9 Å². The van der Waals surface area contributed by atoms with E-state index in [0.29, 0.717) is 5.71 Å². The van der Waals surface area contributed by atoms with Crippen LogP contribution in [0.5, 0.6) is 0 Å². The molecule has 76 valence electrons. The Labute approximate surface area is 87.8 Å². The Kier molecular flexibility index (Phi) is 2.65. The van der Waals surface area contributed by atoms with Crippen LogP contribution in [0.15, 0.2) is 47.6 Å². The molecule has 0 unspecified atom stereocenters. The molecule has 0 bridgehead atoms. The summed E-state index contributed by atoms with van der Waals surface area (Å²) in [5, 5.41) is 14.2. The number of nitrogens with zero attached hydrogens (tertiary/aromatic N) is 1. The van der Waals surface area contributed by atoms with Gasteiger partial charge in [-0.05, 0) is 16.8 Å². The number of benzene rings is 2. The fourth-order valence-electron chi connectivity index (χ4n) is 1.59. The second-order valence-corrected chi connectivity index (χ2v) is 3.31. The van der Waals surface area contributed by atoms with E-state index in [0.717, 1.165) is 16.3 Å². The topological polar surface area (TPSA) is 58.6 Å². The van der Waals surface area contributed by atoms with E-state index in [2.05, 4.69) is 5.16 Å². The highest BCUT2D eigenvalue weighted by Gasteiger charge is 2.02. The quantitative estimate of drug-likeness (QED) is 0.442. The lowest BCUT2D eigenvalue weighted by atomic mass is 10.0. The smallest absolute Gasteiger partial charge is 0.100 e. The molecule has 2 aromatic rings. The van der Waals surface area contributed by atoms with Crippen LogP contribution in [-0.2, 0) is 0 Å². The standard InChI is InChI=1S/C12H12N2O/c13-8-12(14-15)11-6-5-9-3-1-2-4-10(9)7-11/h1-7,15H,8,13H2/b14-12-. The SMILES string of the molecule is NC/C(=N/O)c1ccc2ccccc2c1. The van der Waals surface area contributed by atoms with Gasteiger partial charge in [-0.25, -0.2) is 0 Å². The molecule has 2 aromatic carbocycles. The maximum atomic E-state index is 8.76. The summed E-state index contributed by atoms with van der Waals surface area (Å²) in [6.45, 7) is 0.231. The molecule has 0 aliphatic rings. The molecule has 3 nitrogen and oxygen atoms in total. The van der Waals surface area contributed by atoms with Crippen LogP contribution in [-0.4, -0.2) is 17.5 Å². The van der Waals surface area contributed by atoms with Crippen molar-refractivity contribution in [3.05, 3.63) is 48.0 Å². The third kappa shape index (κ3) is 1.82. The summed E-state index contributed by atoms with van der Waals surface area (Å²) in [5.74, 6) is 0. The van der Waals surface area contributed by atoms with E-state index in [4.69, 9.17) is 10.9 Å². The molecule has 3 N–H and O–H groups in total. The molecule has 0 aromatic heterocycles. The van der Waals surface area contributed by atoms with E-state index in [1.807, 2.05) is 42.5 Å². The van der Waals surface area contributed by atoms with E-state index < -0.39 is 0 Å². The first kappa shape index (κ1) is 9.68. The Morgan fingerprint density at radius 1 is 1.13 bits per heavy atom. The van der Waals surface area contributed by atoms with Gasteiger partial charge in [0.25, 0.3) is 0 Å². The first-order chi connectivity index (χ1) is 7.35. The van der Waals surface area contributed by atoms with Crippen molar-refractivity contribution in [2.75, 3.05) is 6.54 Å². The lowest BCUT2D eigenvalue weighted by molar-refractivity contribution is 0.318. The van der Waals surface area contributed by atoms with E-state index in [-0.39, 0.29) is 6.54 Å². The van der Waals surface area contributed by atoms with Crippen LogP contribution >= 0.6 is 0 Å². The zero-order valence-electron chi connectivity index (χ0n) is 8.22. The van der Waals surface area contributed by atoms with Gasteiger partial charge in [-0.3, -0.25) is 0 Å². The van der Waals surface area contributed by atoms with Crippen LogP contribution < -0.4 is 5.73 Å². The number of hydrogen-bond acceptors (Lipinski definition) is 3. The maximum Gasteiger partial charge on any atom is 0.100 e. The summed E-state index contributed by atoms with van der Waals surface area (Å²) in [6.07, 6.45) is 0. The Balaban J connectivity index is 2.56. The van der Waals surface area contributed by atoms with Gasteiger partial charge >= 0.3 is 0 Å². The first-order valence-electron chi connectivity index (χ1n) is 4.75. The molecule has 0 saturated heterocycles. The van der Waals surface area contributed by atoms with Crippen LogP contribution in [0.1, 0.15) is 5.56 Å². The molecular formula is C12H12N2O. The summed E-state index contributed by atoms with van der Waals surface area (Å²) in [6, 6.07) is 13.9. The molecule has 0 saturated carbocycles. The van der Waals surface area contributed by atoms with Crippen LogP contribution in [0.2, 0.25) is 0 Å². The van der Waals surface area contributed by atoms with Crippen molar-refractivity contribution >= 4 is 16.5 Å². The predicted octanol–water partition coefficient (Wildman–Crippen LogP) is 1.98. The predicted molar refractivity (Wildman–Crippen MR) is 61.3 cm³/mol. The van der Waals surface area contributed by atoms with Crippen LogP contribution in [0.25, 0.3) is 10.8 Å². The molecular weight excluding hydrogens is 188 g/mol. The van der Waals surface area contributed by atoms with Crippen molar-refractivity contribution in [3.8, 4) is 0 Å². The summed E-state index contributed by atoms with van der Waals surface area (Å²) < 4.78 is 0. The molecule has 3 heteroatoms. The molecule has 0 spiro atoms. The van der Waals surface area contributed by atoms with Crippen molar-refractivity contribution < 1.29 is 5.21 Å². The summed E-state index contributed by atoms with van der Waals surface area (Å²) in [5.41, 5.74) is 6.83. The summed E-state index contributed by atoms with van der Waals surface area (Å²) >= 11 is 0. The minimum absolute atomic E-state index is 0.231. The number of hydrogen-bond donors (Lipinski definition) is 2. The zero-order valence-corrected chi connectivity index (χ0v) is 8.22. The van der Waals surface area contributed by atoms with Gasteiger partial charge in [-0.2, -0.15) is 0 Å². The third-order valence-electron chi connectivity index (χ3n) is 2.40. The number of fused-ring (bicyclic) bond motifs is 1. The number of oxime groups is 1. The van der Waals surface area contributed by atoms with Gasteiger partial charge in [0.1, 0.15) is 5.71 Å². The van der Waals surface area contributed by atoms with Crippen molar-refractivity contribution in [3.63, 3.8) is 0 Å².